The van der Waals surface area contributed by atoms with E-state index in [1.807, 2.05) is 50.2 Å². The molecular weight excluding hydrogens is 356 g/mol. The zero-order valence-electron chi connectivity index (χ0n) is 16.9. The first kappa shape index (κ1) is 18.1. The SMILES string of the molecule is Cc1cc2c(Nc3ccc4c(c3)OC(C)(C)C(=O)N4C)nc(N(C)C)nc2[nH]1. The summed E-state index contributed by atoms with van der Waals surface area (Å²) in [6, 6.07) is 7.69. The number of aryl methyl sites for hydroxylation is 1. The minimum absolute atomic E-state index is 0.0726. The van der Waals surface area contributed by atoms with Crippen LogP contribution in [0.1, 0.15) is 19.5 Å². The van der Waals surface area contributed by atoms with Crippen LogP contribution in [0.4, 0.5) is 23.1 Å². The highest BCUT2D eigenvalue weighted by molar-refractivity contribution is 6.02. The van der Waals surface area contributed by atoms with E-state index < -0.39 is 5.60 Å². The van der Waals surface area contributed by atoms with Gasteiger partial charge in [0.05, 0.1) is 11.1 Å². The fraction of sp³-hybridized carbons (Fsp3) is 0.350. The van der Waals surface area contributed by atoms with E-state index in [0.29, 0.717) is 17.5 Å². The van der Waals surface area contributed by atoms with Crippen molar-refractivity contribution in [2.75, 3.05) is 36.3 Å². The maximum atomic E-state index is 12.4. The predicted octanol–water partition coefficient (Wildman–Crippen LogP) is 3.21. The number of anilines is 4. The van der Waals surface area contributed by atoms with Crippen LogP contribution in [0.3, 0.4) is 0 Å². The van der Waals surface area contributed by atoms with Gasteiger partial charge in [-0.2, -0.15) is 9.97 Å². The molecule has 2 N–H and O–H groups in total. The molecule has 1 aromatic carbocycles. The Morgan fingerprint density at radius 1 is 1.21 bits per heavy atom. The number of nitrogens with one attached hydrogen (secondary N) is 2. The lowest BCUT2D eigenvalue weighted by Crippen LogP contribution is -2.50. The van der Waals surface area contributed by atoms with Gasteiger partial charge in [-0.3, -0.25) is 4.79 Å². The Morgan fingerprint density at radius 3 is 2.68 bits per heavy atom. The molecule has 0 aliphatic carbocycles. The molecule has 0 bridgehead atoms. The number of hydrogen-bond acceptors (Lipinski definition) is 6. The molecule has 0 fully saturated rings. The summed E-state index contributed by atoms with van der Waals surface area (Å²) in [7, 11) is 5.57. The summed E-state index contributed by atoms with van der Waals surface area (Å²) in [6.07, 6.45) is 0. The molecule has 1 amide bonds. The van der Waals surface area contributed by atoms with Crippen LogP contribution in [0.25, 0.3) is 11.0 Å². The molecule has 0 radical (unpaired) electrons. The smallest absolute Gasteiger partial charge is 0.270 e. The van der Waals surface area contributed by atoms with Crippen LogP contribution in [0.2, 0.25) is 0 Å². The first-order chi connectivity index (χ1) is 13.2. The number of carbonyl (C=O) groups is 1. The van der Waals surface area contributed by atoms with Crippen LogP contribution in [0.5, 0.6) is 5.75 Å². The predicted molar refractivity (Wildman–Crippen MR) is 111 cm³/mol. The quantitative estimate of drug-likeness (QED) is 0.726. The van der Waals surface area contributed by atoms with E-state index in [4.69, 9.17) is 4.74 Å². The Balaban J connectivity index is 1.76. The number of amides is 1. The van der Waals surface area contributed by atoms with Gasteiger partial charge in [-0.15, -0.1) is 0 Å². The van der Waals surface area contributed by atoms with Crippen molar-refractivity contribution < 1.29 is 9.53 Å². The molecule has 4 rings (SSSR count). The molecular formula is C20H24N6O2. The summed E-state index contributed by atoms with van der Waals surface area (Å²) in [6.45, 7) is 5.53. The number of aromatic nitrogens is 3. The highest BCUT2D eigenvalue weighted by Crippen LogP contribution is 2.39. The van der Waals surface area contributed by atoms with Crippen molar-refractivity contribution >= 4 is 40.1 Å². The van der Waals surface area contributed by atoms with Crippen LogP contribution in [0.15, 0.2) is 24.3 Å². The van der Waals surface area contributed by atoms with Gasteiger partial charge in [0.25, 0.3) is 5.91 Å². The van der Waals surface area contributed by atoms with Gasteiger partial charge in [0.2, 0.25) is 5.95 Å². The second-order valence-corrected chi connectivity index (χ2v) is 7.77. The minimum atomic E-state index is -0.904. The van der Waals surface area contributed by atoms with Crippen molar-refractivity contribution in [1.29, 1.82) is 0 Å². The number of aromatic amines is 1. The first-order valence-electron chi connectivity index (χ1n) is 9.08. The molecule has 146 valence electrons. The topological polar surface area (TPSA) is 86.4 Å². The second kappa shape index (κ2) is 6.12. The zero-order chi connectivity index (χ0) is 20.2. The lowest BCUT2D eigenvalue weighted by molar-refractivity contribution is -0.132. The van der Waals surface area contributed by atoms with E-state index in [-0.39, 0.29) is 5.91 Å². The molecule has 1 aliphatic heterocycles. The third kappa shape index (κ3) is 2.90. The summed E-state index contributed by atoms with van der Waals surface area (Å²) in [5, 5.41) is 4.29. The van der Waals surface area contributed by atoms with Crippen molar-refractivity contribution in [2.24, 2.45) is 0 Å². The molecule has 0 atom stereocenters. The Kier molecular flexibility index (Phi) is 3.95. The molecule has 0 saturated carbocycles. The van der Waals surface area contributed by atoms with Crippen LogP contribution >= 0.6 is 0 Å². The highest BCUT2D eigenvalue weighted by atomic mass is 16.5. The second-order valence-electron chi connectivity index (χ2n) is 7.77. The third-order valence-electron chi connectivity index (χ3n) is 4.78. The van der Waals surface area contributed by atoms with E-state index in [0.717, 1.165) is 28.1 Å². The van der Waals surface area contributed by atoms with E-state index in [9.17, 15) is 4.79 Å². The fourth-order valence-corrected chi connectivity index (χ4v) is 3.34. The summed E-state index contributed by atoms with van der Waals surface area (Å²) in [5.74, 6) is 1.90. The summed E-state index contributed by atoms with van der Waals surface area (Å²) >= 11 is 0. The molecule has 28 heavy (non-hydrogen) atoms. The first-order valence-corrected chi connectivity index (χ1v) is 9.08. The Bertz CT molecular complexity index is 1090. The minimum Gasteiger partial charge on any atom is -0.476 e. The lowest BCUT2D eigenvalue weighted by Gasteiger charge is -2.37. The van der Waals surface area contributed by atoms with Gasteiger partial charge in [-0.05, 0) is 39.0 Å². The van der Waals surface area contributed by atoms with E-state index >= 15 is 0 Å². The highest BCUT2D eigenvalue weighted by Gasteiger charge is 2.39. The number of likely N-dealkylation sites (N-methyl/N-ethyl adjacent to an activating group) is 1. The van der Waals surface area contributed by atoms with Gasteiger partial charge < -0.3 is 24.8 Å². The van der Waals surface area contributed by atoms with Gasteiger partial charge in [0, 0.05) is 38.6 Å². The molecule has 0 saturated heterocycles. The van der Waals surface area contributed by atoms with Gasteiger partial charge in [0.15, 0.2) is 5.60 Å². The average molecular weight is 380 g/mol. The number of H-pyrrole nitrogens is 1. The number of carbonyl (C=O) groups excluding carboxylic acids is 1. The summed E-state index contributed by atoms with van der Waals surface area (Å²) in [4.78, 5) is 28.4. The summed E-state index contributed by atoms with van der Waals surface area (Å²) in [5.41, 5.74) is 2.45. The monoisotopic (exact) mass is 380 g/mol. The third-order valence-corrected chi connectivity index (χ3v) is 4.78. The van der Waals surface area contributed by atoms with E-state index in [1.165, 1.54) is 0 Å². The number of fused-ring (bicyclic) bond motifs is 2. The van der Waals surface area contributed by atoms with Crippen molar-refractivity contribution in [3.63, 3.8) is 0 Å². The molecule has 3 aromatic rings. The fourth-order valence-electron chi connectivity index (χ4n) is 3.34. The van der Waals surface area contributed by atoms with Crippen molar-refractivity contribution in [3.05, 3.63) is 30.0 Å². The normalized spacial score (nSPS) is 15.4. The Hall–Kier alpha value is -3.29. The summed E-state index contributed by atoms with van der Waals surface area (Å²) < 4.78 is 5.96. The number of benzene rings is 1. The lowest BCUT2D eigenvalue weighted by atomic mass is 10.0. The standard InChI is InChI=1S/C20H24N6O2/c1-11-9-13-16(21-11)23-19(25(4)5)24-17(13)22-12-7-8-14-15(10-12)28-20(2,3)18(27)26(14)6/h7-10H,1-6H3,(H2,21,22,23,24). The number of hydrogen-bond donors (Lipinski definition) is 2. The van der Waals surface area contributed by atoms with Gasteiger partial charge in [-0.1, -0.05) is 0 Å². The molecule has 0 unspecified atom stereocenters. The maximum Gasteiger partial charge on any atom is 0.270 e. The average Bonchev–Trinajstić information content (AvgIpc) is 3.00. The Labute approximate surface area is 163 Å². The van der Waals surface area contributed by atoms with Gasteiger partial charge in [0.1, 0.15) is 17.2 Å². The van der Waals surface area contributed by atoms with E-state index in [2.05, 4.69) is 20.3 Å². The van der Waals surface area contributed by atoms with E-state index in [1.54, 1.807) is 25.8 Å². The van der Waals surface area contributed by atoms with Crippen LogP contribution in [-0.4, -0.2) is 47.6 Å². The molecule has 0 spiro atoms. The Morgan fingerprint density at radius 2 is 1.96 bits per heavy atom. The molecule has 3 heterocycles. The molecule has 8 nitrogen and oxygen atoms in total. The van der Waals surface area contributed by atoms with Gasteiger partial charge in [-0.25, -0.2) is 0 Å². The number of nitrogens with zero attached hydrogens (tertiary/aromatic N) is 4. The number of rotatable bonds is 3. The van der Waals surface area contributed by atoms with Crippen LogP contribution < -0.4 is 19.9 Å². The molecule has 1 aliphatic rings. The van der Waals surface area contributed by atoms with Gasteiger partial charge >= 0.3 is 0 Å². The van der Waals surface area contributed by atoms with Crippen molar-refractivity contribution in [3.8, 4) is 5.75 Å². The maximum absolute atomic E-state index is 12.4. The van der Waals surface area contributed by atoms with Crippen molar-refractivity contribution in [2.45, 2.75) is 26.4 Å². The van der Waals surface area contributed by atoms with Crippen molar-refractivity contribution in [1.82, 2.24) is 15.0 Å². The zero-order valence-corrected chi connectivity index (χ0v) is 16.9. The largest absolute Gasteiger partial charge is 0.476 e. The van der Waals surface area contributed by atoms with Crippen LogP contribution in [-0.2, 0) is 4.79 Å². The van der Waals surface area contributed by atoms with Crippen LogP contribution in [0, 0.1) is 6.92 Å². The molecule has 8 heteroatoms. The molecule has 2 aromatic heterocycles. The number of ether oxygens (including phenoxy) is 1.